The number of carboxylic acid groups (broad SMARTS) is 1. The van der Waals surface area contributed by atoms with Crippen molar-refractivity contribution in [2.75, 3.05) is 13.1 Å². The molecule has 1 fully saturated rings. The van der Waals surface area contributed by atoms with Crippen LogP contribution in [0.3, 0.4) is 0 Å². The van der Waals surface area contributed by atoms with Crippen molar-refractivity contribution >= 4 is 17.8 Å². The van der Waals surface area contributed by atoms with Gasteiger partial charge < -0.3 is 20.3 Å². The van der Waals surface area contributed by atoms with Crippen molar-refractivity contribution in [3.8, 4) is 0 Å². The number of carboxylic acids is 1. The van der Waals surface area contributed by atoms with Crippen LogP contribution in [-0.2, 0) is 4.79 Å². The first-order chi connectivity index (χ1) is 10.4. The fraction of sp³-hybridized carbons (Fsp3) is 0.533. The molecule has 1 aromatic rings. The van der Waals surface area contributed by atoms with Gasteiger partial charge in [0.1, 0.15) is 11.7 Å². The molecule has 1 saturated heterocycles. The molecule has 0 saturated carbocycles. The fourth-order valence-electron chi connectivity index (χ4n) is 2.48. The zero-order chi connectivity index (χ0) is 16.3. The number of aromatic nitrogens is 1. The quantitative estimate of drug-likeness (QED) is 0.757. The zero-order valence-electron chi connectivity index (χ0n) is 12.8. The van der Waals surface area contributed by atoms with Crippen molar-refractivity contribution in [1.29, 1.82) is 0 Å². The molecular weight excluding hydrogens is 286 g/mol. The monoisotopic (exact) mass is 307 g/mol. The Kier molecular flexibility index (Phi) is 4.85. The Hall–Kier alpha value is -2.31. The summed E-state index contributed by atoms with van der Waals surface area (Å²) in [7, 11) is 0. The van der Waals surface area contributed by atoms with Gasteiger partial charge in [-0.25, -0.2) is 4.79 Å². The number of rotatable bonds is 5. The minimum atomic E-state index is -1.08. The predicted octanol–water partition coefficient (Wildman–Crippen LogP) is 1.09. The summed E-state index contributed by atoms with van der Waals surface area (Å²) in [4.78, 5) is 39.9. The molecule has 7 heteroatoms. The molecule has 3 N–H and O–H groups in total. The maximum Gasteiger partial charge on any atom is 0.326 e. The first-order valence-corrected chi connectivity index (χ1v) is 7.41. The van der Waals surface area contributed by atoms with E-state index in [2.05, 4.69) is 10.3 Å². The van der Waals surface area contributed by atoms with E-state index in [1.165, 1.54) is 12.3 Å². The molecule has 0 unspecified atom stereocenters. The zero-order valence-corrected chi connectivity index (χ0v) is 12.8. The Bertz CT molecular complexity index is 573. The maximum absolute atomic E-state index is 12.2. The van der Waals surface area contributed by atoms with Crippen molar-refractivity contribution in [1.82, 2.24) is 15.2 Å². The van der Waals surface area contributed by atoms with E-state index in [9.17, 15) is 14.4 Å². The average molecular weight is 307 g/mol. The molecule has 1 aliphatic heterocycles. The maximum atomic E-state index is 12.2. The summed E-state index contributed by atoms with van der Waals surface area (Å²) in [6.07, 6.45) is 3.42. The lowest BCUT2D eigenvalue weighted by atomic mass is 10.0. The number of H-pyrrole nitrogens is 1. The average Bonchev–Trinajstić information content (AvgIpc) is 3.13. The van der Waals surface area contributed by atoms with E-state index >= 15 is 0 Å². The number of likely N-dealkylation sites (tertiary alicyclic amines) is 1. The largest absolute Gasteiger partial charge is 0.480 e. The van der Waals surface area contributed by atoms with Gasteiger partial charge in [0, 0.05) is 19.3 Å². The number of nitrogens with one attached hydrogen (secondary N) is 2. The summed E-state index contributed by atoms with van der Waals surface area (Å²) in [5.41, 5.74) is 0.609. The SMILES string of the molecule is CC(C)[C@@H](NC(=O)c1c[nH]c(C(=O)N2CCCC2)c1)C(=O)O. The van der Waals surface area contributed by atoms with E-state index in [-0.39, 0.29) is 17.4 Å². The lowest BCUT2D eigenvalue weighted by molar-refractivity contribution is -0.140. The molecule has 0 radical (unpaired) electrons. The second kappa shape index (κ2) is 6.64. The second-order valence-electron chi connectivity index (χ2n) is 5.83. The smallest absolute Gasteiger partial charge is 0.326 e. The molecule has 22 heavy (non-hydrogen) atoms. The van der Waals surface area contributed by atoms with Gasteiger partial charge in [-0.3, -0.25) is 9.59 Å². The minimum Gasteiger partial charge on any atom is -0.480 e. The molecule has 120 valence electrons. The van der Waals surface area contributed by atoms with Crippen molar-refractivity contribution in [2.24, 2.45) is 5.92 Å². The van der Waals surface area contributed by atoms with Crippen LogP contribution in [0.5, 0.6) is 0 Å². The molecule has 2 heterocycles. The molecular formula is C15H21N3O4. The molecule has 2 rings (SSSR count). The normalized spacial score (nSPS) is 15.9. The van der Waals surface area contributed by atoms with Crippen molar-refractivity contribution in [3.05, 3.63) is 23.5 Å². The van der Waals surface area contributed by atoms with Gasteiger partial charge in [0.25, 0.3) is 11.8 Å². The van der Waals surface area contributed by atoms with Crippen molar-refractivity contribution in [2.45, 2.75) is 32.7 Å². The van der Waals surface area contributed by atoms with Crippen LogP contribution < -0.4 is 5.32 Å². The van der Waals surface area contributed by atoms with Gasteiger partial charge in [0.2, 0.25) is 0 Å². The summed E-state index contributed by atoms with van der Waals surface area (Å²) in [6, 6.07) is 0.509. The Balaban J connectivity index is 2.05. The summed E-state index contributed by atoms with van der Waals surface area (Å²) in [5, 5.41) is 11.6. The van der Waals surface area contributed by atoms with E-state index in [0.29, 0.717) is 5.69 Å². The Labute approximate surface area is 128 Å². The third-order valence-electron chi connectivity index (χ3n) is 3.79. The standard InChI is InChI=1S/C15H21N3O4/c1-9(2)12(15(21)22)17-13(19)10-7-11(16-8-10)14(20)18-5-3-4-6-18/h7-9,12,16H,3-6H2,1-2H3,(H,17,19)(H,21,22)/t12-/m1/s1. The van der Waals surface area contributed by atoms with E-state index in [0.717, 1.165) is 25.9 Å². The van der Waals surface area contributed by atoms with Crippen LogP contribution >= 0.6 is 0 Å². The summed E-state index contributed by atoms with van der Waals surface area (Å²) in [6.45, 7) is 4.90. The molecule has 0 spiro atoms. The molecule has 1 atom stereocenters. The minimum absolute atomic E-state index is 0.129. The first-order valence-electron chi connectivity index (χ1n) is 7.41. The molecule has 1 aromatic heterocycles. The van der Waals surface area contributed by atoms with Gasteiger partial charge in [0.05, 0.1) is 5.56 Å². The van der Waals surface area contributed by atoms with Gasteiger partial charge in [-0.2, -0.15) is 0 Å². The van der Waals surface area contributed by atoms with Gasteiger partial charge in [0.15, 0.2) is 0 Å². The third kappa shape index (κ3) is 3.47. The van der Waals surface area contributed by atoms with Crippen molar-refractivity contribution in [3.63, 3.8) is 0 Å². The molecule has 1 aliphatic rings. The highest BCUT2D eigenvalue weighted by molar-refractivity contribution is 6.00. The van der Waals surface area contributed by atoms with Crippen LogP contribution in [0, 0.1) is 5.92 Å². The number of aromatic amines is 1. The summed E-state index contributed by atoms with van der Waals surface area (Å²) >= 11 is 0. The molecule has 0 aliphatic carbocycles. The summed E-state index contributed by atoms with van der Waals surface area (Å²) < 4.78 is 0. The molecule has 7 nitrogen and oxygen atoms in total. The number of hydrogen-bond acceptors (Lipinski definition) is 3. The van der Waals surface area contributed by atoms with Crippen LogP contribution in [0.25, 0.3) is 0 Å². The highest BCUT2D eigenvalue weighted by Crippen LogP contribution is 2.13. The molecule has 0 bridgehead atoms. The van der Waals surface area contributed by atoms with Gasteiger partial charge in [-0.1, -0.05) is 13.8 Å². The van der Waals surface area contributed by atoms with E-state index in [1.54, 1.807) is 18.7 Å². The van der Waals surface area contributed by atoms with E-state index < -0.39 is 17.9 Å². The second-order valence-corrected chi connectivity index (χ2v) is 5.83. The number of carbonyl (C=O) groups is 3. The van der Waals surface area contributed by atoms with E-state index in [1.807, 2.05) is 0 Å². The van der Waals surface area contributed by atoms with Crippen LogP contribution in [0.15, 0.2) is 12.3 Å². The van der Waals surface area contributed by atoms with Crippen LogP contribution in [0.1, 0.15) is 47.5 Å². The Morgan fingerprint density at radius 3 is 2.45 bits per heavy atom. The highest BCUT2D eigenvalue weighted by Gasteiger charge is 2.26. The first kappa shape index (κ1) is 16.1. The van der Waals surface area contributed by atoms with Crippen LogP contribution in [-0.4, -0.2) is 51.9 Å². The lowest BCUT2D eigenvalue weighted by Gasteiger charge is -2.17. The topological polar surface area (TPSA) is 103 Å². The summed E-state index contributed by atoms with van der Waals surface area (Å²) in [5.74, 6) is -1.94. The Morgan fingerprint density at radius 2 is 1.91 bits per heavy atom. The van der Waals surface area contributed by atoms with Crippen LogP contribution in [0.2, 0.25) is 0 Å². The number of amides is 2. The molecule has 2 amide bonds. The fourth-order valence-corrected chi connectivity index (χ4v) is 2.48. The number of carbonyl (C=O) groups excluding carboxylic acids is 2. The molecule has 0 aromatic carbocycles. The van der Waals surface area contributed by atoms with Gasteiger partial charge in [-0.05, 0) is 24.8 Å². The van der Waals surface area contributed by atoms with E-state index in [4.69, 9.17) is 5.11 Å². The lowest BCUT2D eigenvalue weighted by Crippen LogP contribution is -2.44. The van der Waals surface area contributed by atoms with Crippen molar-refractivity contribution < 1.29 is 19.5 Å². The highest BCUT2D eigenvalue weighted by atomic mass is 16.4. The predicted molar refractivity (Wildman–Crippen MR) is 79.7 cm³/mol. The number of nitrogens with zero attached hydrogens (tertiary/aromatic N) is 1. The third-order valence-corrected chi connectivity index (χ3v) is 3.79. The number of hydrogen-bond donors (Lipinski definition) is 3. The van der Waals surface area contributed by atoms with Gasteiger partial charge in [-0.15, -0.1) is 0 Å². The number of aliphatic carboxylic acids is 1. The van der Waals surface area contributed by atoms with Gasteiger partial charge >= 0.3 is 5.97 Å². The Morgan fingerprint density at radius 1 is 1.27 bits per heavy atom. The van der Waals surface area contributed by atoms with Crippen LogP contribution in [0.4, 0.5) is 0 Å².